The van der Waals surface area contributed by atoms with Crippen molar-refractivity contribution in [3.05, 3.63) is 59.6 Å². The second-order valence-corrected chi connectivity index (χ2v) is 8.97. The smallest absolute Gasteiger partial charge is 0.431 e. The van der Waals surface area contributed by atoms with Crippen LogP contribution in [0, 0.1) is 24.1 Å². The van der Waals surface area contributed by atoms with Gasteiger partial charge in [-0.2, -0.15) is 18.4 Å². The Hall–Kier alpha value is -4.05. The van der Waals surface area contributed by atoms with Crippen LogP contribution in [0.3, 0.4) is 0 Å². The molecule has 9 nitrogen and oxygen atoms in total. The average Bonchev–Trinajstić information content (AvgIpc) is 3.46. The largest absolute Gasteiger partial charge is 0.459 e. The van der Waals surface area contributed by atoms with Crippen molar-refractivity contribution in [3.8, 4) is 23.2 Å². The first-order valence-corrected chi connectivity index (χ1v) is 11.5. The van der Waals surface area contributed by atoms with Crippen LogP contribution in [-0.2, 0) is 0 Å². The van der Waals surface area contributed by atoms with E-state index in [0.29, 0.717) is 17.5 Å². The number of aromatic nitrogens is 6. The molecule has 4 aromatic heterocycles. The molecule has 1 saturated heterocycles. The number of piperidine rings is 1. The molecular weight excluding hydrogens is 492 g/mol. The molecule has 5 rings (SSSR count). The summed E-state index contributed by atoms with van der Waals surface area (Å²) in [6, 6.07) is 6.83. The lowest BCUT2D eigenvalue weighted by Gasteiger charge is -2.29. The van der Waals surface area contributed by atoms with Crippen molar-refractivity contribution in [2.45, 2.75) is 38.1 Å². The molecule has 1 atom stereocenters. The zero-order chi connectivity index (χ0) is 26.3. The van der Waals surface area contributed by atoms with Gasteiger partial charge in [-0.3, -0.25) is 9.38 Å². The van der Waals surface area contributed by atoms with Crippen LogP contribution in [0.5, 0.6) is 5.88 Å². The van der Waals surface area contributed by atoms with Gasteiger partial charge >= 0.3 is 6.18 Å². The van der Waals surface area contributed by atoms with E-state index in [0.717, 1.165) is 43.8 Å². The van der Waals surface area contributed by atoms with Crippen molar-refractivity contribution in [1.29, 1.82) is 5.26 Å². The fraction of sp³-hybridized carbons (Fsp3) is 0.375. The van der Waals surface area contributed by atoms with Crippen LogP contribution in [0.15, 0.2) is 36.7 Å². The molecule has 0 amide bonds. The predicted molar refractivity (Wildman–Crippen MR) is 123 cm³/mol. The second kappa shape index (κ2) is 9.44. The highest BCUT2D eigenvalue weighted by molar-refractivity contribution is 5.68. The van der Waals surface area contributed by atoms with E-state index in [1.165, 1.54) is 16.7 Å². The summed E-state index contributed by atoms with van der Waals surface area (Å²) in [4.78, 5) is 9.98. The van der Waals surface area contributed by atoms with Gasteiger partial charge in [-0.05, 0) is 58.1 Å². The summed E-state index contributed by atoms with van der Waals surface area (Å²) in [5.41, 5.74) is 1.31. The van der Waals surface area contributed by atoms with E-state index in [1.54, 1.807) is 6.07 Å². The van der Waals surface area contributed by atoms with Crippen LogP contribution in [0.4, 0.5) is 17.6 Å². The Balaban J connectivity index is 1.59. The van der Waals surface area contributed by atoms with Crippen molar-refractivity contribution in [1.82, 2.24) is 34.3 Å². The van der Waals surface area contributed by atoms with Gasteiger partial charge in [0, 0.05) is 11.6 Å². The number of hydrogen-bond donors (Lipinski definition) is 0. The number of nitriles is 1. The molecule has 13 heteroatoms. The van der Waals surface area contributed by atoms with Gasteiger partial charge in [0.15, 0.2) is 0 Å². The summed E-state index contributed by atoms with van der Waals surface area (Å²) in [6.07, 6.45) is -3.67. The van der Waals surface area contributed by atoms with Crippen LogP contribution in [0.25, 0.3) is 16.9 Å². The van der Waals surface area contributed by atoms with Gasteiger partial charge in [0.25, 0.3) is 0 Å². The quantitative estimate of drug-likeness (QED) is 0.367. The summed E-state index contributed by atoms with van der Waals surface area (Å²) >= 11 is 0. The summed E-state index contributed by atoms with van der Waals surface area (Å²) in [5, 5.41) is 18.2. The maximum absolute atomic E-state index is 14.0. The SMILES string of the molecule is Cc1c(-c2cc(O[C@@H](c3ccc(F)cn3)C(F)(F)F)n3c(C#N)cnc3c2)nnn1C1CCN(C)CC1. The zero-order valence-electron chi connectivity index (χ0n) is 19.9. The van der Waals surface area contributed by atoms with Gasteiger partial charge in [0.2, 0.25) is 12.0 Å². The zero-order valence-corrected chi connectivity index (χ0v) is 19.9. The fourth-order valence-corrected chi connectivity index (χ4v) is 4.53. The molecule has 0 aromatic carbocycles. The highest BCUT2D eigenvalue weighted by Crippen LogP contribution is 2.38. The molecule has 0 spiro atoms. The molecule has 5 heterocycles. The van der Waals surface area contributed by atoms with Crippen molar-refractivity contribution in [2.75, 3.05) is 20.1 Å². The van der Waals surface area contributed by atoms with Gasteiger partial charge in [0.1, 0.15) is 28.9 Å². The molecular formula is C24H22F4N8O. The Kier molecular flexibility index (Phi) is 6.28. The van der Waals surface area contributed by atoms with Crippen LogP contribution in [-0.4, -0.2) is 60.6 Å². The van der Waals surface area contributed by atoms with Gasteiger partial charge in [-0.1, -0.05) is 5.21 Å². The maximum atomic E-state index is 14.0. The van der Waals surface area contributed by atoms with Gasteiger partial charge in [-0.15, -0.1) is 5.10 Å². The predicted octanol–water partition coefficient (Wildman–Crippen LogP) is 4.26. The first-order valence-electron chi connectivity index (χ1n) is 11.5. The number of ether oxygens (including phenoxy) is 1. The van der Waals surface area contributed by atoms with Crippen molar-refractivity contribution in [3.63, 3.8) is 0 Å². The standard InChI is InChI=1S/C24H22F4N8O/c1-14-22(32-33-36(14)17-5-7-34(2)8-6-17)15-9-20-31-13-18(11-29)35(20)21(10-15)37-23(24(26,27)28)19-4-3-16(25)12-30-19/h3-4,9-10,12-13,17,23H,5-8H2,1-2H3/t23-/m0/s1. The topological polar surface area (TPSA) is 97.2 Å². The monoisotopic (exact) mass is 514 g/mol. The highest BCUT2D eigenvalue weighted by atomic mass is 19.4. The summed E-state index contributed by atoms with van der Waals surface area (Å²) in [7, 11) is 2.06. The van der Waals surface area contributed by atoms with E-state index in [-0.39, 0.29) is 23.3 Å². The number of nitrogens with zero attached hydrogens (tertiary/aromatic N) is 8. The molecule has 0 saturated carbocycles. The van der Waals surface area contributed by atoms with Crippen LogP contribution < -0.4 is 4.74 Å². The van der Waals surface area contributed by atoms with Crippen molar-refractivity contribution in [2.24, 2.45) is 0 Å². The Morgan fingerprint density at radius 3 is 2.54 bits per heavy atom. The van der Waals surface area contributed by atoms with Crippen molar-refractivity contribution >= 4 is 5.65 Å². The summed E-state index contributed by atoms with van der Waals surface area (Å²) in [5.74, 6) is -1.07. The lowest BCUT2D eigenvalue weighted by molar-refractivity contribution is -0.200. The molecule has 192 valence electrons. The first-order chi connectivity index (χ1) is 17.7. The Bertz CT molecular complexity index is 1460. The number of hydrogen-bond acceptors (Lipinski definition) is 7. The molecule has 37 heavy (non-hydrogen) atoms. The van der Waals surface area contributed by atoms with Gasteiger partial charge in [-0.25, -0.2) is 14.1 Å². The molecule has 0 N–H and O–H groups in total. The van der Waals surface area contributed by atoms with E-state index < -0.39 is 23.8 Å². The van der Waals surface area contributed by atoms with Gasteiger partial charge in [0.05, 0.1) is 29.8 Å². The number of fused-ring (bicyclic) bond motifs is 1. The van der Waals surface area contributed by atoms with Crippen LogP contribution in [0.2, 0.25) is 0 Å². The molecule has 4 aromatic rings. The minimum Gasteiger partial charge on any atom is -0.459 e. The third kappa shape index (κ3) is 4.72. The number of alkyl halides is 3. The average molecular weight is 514 g/mol. The van der Waals surface area contributed by atoms with E-state index in [9.17, 15) is 22.8 Å². The molecule has 0 bridgehead atoms. The Labute approximate surface area is 208 Å². The summed E-state index contributed by atoms with van der Waals surface area (Å²) < 4.78 is 64.0. The number of halogens is 4. The Morgan fingerprint density at radius 1 is 1.14 bits per heavy atom. The summed E-state index contributed by atoms with van der Waals surface area (Å²) in [6.45, 7) is 3.70. The number of imidazole rings is 1. The number of pyridine rings is 2. The number of rotatable bonds is 5. The minimum absolute atomic E-state index is 0.0174. The molecule has 0 unspecified atom stereocenters. The maximum Gasteiger partial charge on any atom is 0.431 e. The van der Waals surface area contributed by atoms with E-state index in [4.69, 9.17) is 4.74 Å². The first kappa shape index (κ1) is 24.6. The van der Waals surface area contributed by atoms with E-state index in [2.05, 4.69) is 32.2 Å². The second-order valence-electron chi connectivity index (χ2n) is 8.97. The lowest BCUT2D eigenvalue weighted by Crippen LogP contribution is -2.32. The van der Waals surface area contributed by atoms with E-state index in [1.807, 2.05) is 17.7 Å². The highest BCUT2D eigenvalue weighted by Gasteiger charge is 2.44. The van der Waals surface area contributed by atoms with Crippen LogP contribution >= 0.6 is 0 Å². The fourth-order valence-electron chi connectivity index (χ4n) is 4.53. The van der Waals surface area contributed by atoms with Crippen molar-refractivity contribution < 1.29 is 22.3 Å². The third-order valence-corrected chi connectivity index (χ3v) is 6.48. The molecule has 0 radical (unpaired) electrons. The molecule has 1 fully saturated rings. The third-order valence-electron chi connectivity index (χ3n) is 6.48. The number of likely N-dealkylation sites (tertiary alicyclic amines) is 1. The molecule has 1 aliphatic rings. The minimum atomic E-state index is -4.88. The Morgan fingerprint density at radius 2 is 1.89 bits per heavy atom. The normalized spacial score (nSPS) is 16.1. The molecule has 0 aliphatic carbocycles. The van der Waals surface area contributed by atoms with Crippen LogP contribution in [0.1, 0.15) is 42.1 Å². The van der Waals surface area contributed by atoms with E-state index >= 15 is 0 Å². The lowest BCUT2D eigenvalue weighted by atomic mass is 10.0. The van der Waals surface area contributed by atoms with Gasteiger partial charge < -0.3 is 9.64 Å². The molecule has 1 aliphatic heterocycles.